The molecule has 0 aliphatic rings. The highest BCUT2D eigenvalue weighted by Crippen LogP contribution is 2.37. The number of aromatic nitrogens is 2. The number of nitrogens with zero attached hydrogens (tertiary/aromatic N) is 3. The van der Waals surface area contributed by atoms with Crippen molar-refractivity contribution in [2.75, 3.05) is 5.32 Å². The topological polar surface area (TPSA) is 91.8 Å². The van der Waals surface area contributed by atoms with Gasteiger partial charge in [-0.05, 0) is 53.4 Å². The fourth-order valence-corrected chi connectivity index (χ4v) is 5.41. The first-order valence-corrected chi connectivity index (χ1v) is 12.8. The summed E-state index contributed by atoms with van der Waals surface area (Å²) in [5.74, 6) is 0.284. The lowest BCUT2D eigenvalue weighted by Crippen LogP contribution is -2.05. The van der Waals surface area contributed by atoms with Gasteiger partial charge in [0, 0.05) is 34.3 Å². The molecule has 0 aliphatic carbocycles. The molecule has 0 atom stereocenters. The Morgan fingerprint density at radius 3 is 2.74 bits per heavy atom. The number of nitrogens with one attached hydrogen (secondary N) is 1. The van der Waals surface area contributed by atoms with Gasteiger partial charge in [0.2, 0.25) is 5.91 Å². The van der Waals surface area contributed by atoms with Crippen LogP contribution in [0.25, 0.3) is 32.7 Å². The number of benzene rings is 2. The summed E-state index contributed by atoms with van der Waals surface area (Å²) in [6.07, 6.45) is 0. The van der Waals surface area contributed by atoms with Crippen LogP contribution in [-0.2, 0) is 10.5 Å². The number of thioether (sulfide) groups is 1. The van der Waals surface area contributed by atoms with Gasteiger partial charge in [-0.25, -0.2) is 4.98 Å². The second-order valence-corrected chi connectivity index (χ2v) is 9.99. The summed E-state index contributed by atoms with van der Waals surface area (Å²) in [6.45, 7) is 1.46. The van der Waals surface area contributed by atoms with Gasteiger partial charge in [-0.2, -0.15) is 5.26 Å². The monoisotopic (exact) mass is 516 g/mol. The van der Waals surface area contributed by atoms with Crippen molar-refractivity contribution in [1.29, 1.82) is 5.26 Å². The van der Waals surface area contributed by atoms with E-state index >= 15 is 0 Å². The molecule has 1 N–H and O–H groups in total. The molecule has 2 aromatic carbocycles. The molecule has 5 rings (SSSR count). The van der Waals surface area contributed by atoms with E-state index < -0.39 is 0 Å². The molecule has 0 bridgehead atoms. The zero-order chi connectivity index (χ0) is 24.4. The standard InChI is InChI=1S/C26H17ClN4O2S2/c1-15(32)29-18-8-9-24-20(11-18)23(31-33-24)14-35-26-21(13-28)19(16-4-6-17(27)7-5-16)12-22(30-26)25-3-2-10-34-25/h2-12H,14H2,1H3,(H,29,32). The Hall–Kier alpha value is -3.64. The lowest BCUT2D eigenvalue weighted by molar-refractivity contribution is -0.114. The highest BCUT2D eigenvalue weighted by molar-refractivity contribution is 7.98. The molecule has 6 nitrogen and oxygen atoms in total. The molecule has 0 radical (unpaired) electrons. The number of fused-ring (bicyclic) bond motifs is 1. The number of carbonyl (C=O) groups is 1. The van der Waals surface area contributed by atoms with Crippen LogP contribution < -0.4 is 5.32 Å². The van der Waals surface area contributed by atoms with Crippen molar-refractivity contribution >= 4 is 57.3 Å². The fourth-order valence-electron chi connectivity index (χ4n) is 3.65. The van der Waals surface area contributed by atoms with Gasteiger partial charge in [0.15, 0.2) is 5.58 Å². The Bertz CT molecular complexity index is 1570. The van der Waals surface area contributed by atoms with Crippen LogP contribution in [0.4, 0.5) is 5.69 Å². The van der Waals surface area contributed by atoms with Crippen LogP contribution >= 0.6 is 34.7 Å². The number of halogens is 1. The highest BCUT2D eigenvalue weighted by Gasteiger charge is 2.18. The van der Waals surface area contributed by atoms with Crippen molar-refractivity contribution in [1.82, 2.24) is 10.1 Å². The molecule has 9 heteroatoms. The maximum atomic E-state index is 11.5. The SMILES string of the molecule is CC(=O)Nc1ccc2onc(CSc3nc(-c4cccs4)cc(-c4ccc(Cl)cc4)c3C#N)c2c1. The predicted octanol–water partition coefficient (Wildman–Crippen LogP) is 7.39. The zero-order valence-electron chi connectivity index (χ0n) is 18.4. The quantitative estimate of drug-likeness (QED) is 0.236. The van der Waals surface area contributed by atoms with E-state index in [0.29, 0.717) is 38.3 Å². The molecule has 0 spiro atoms. The summed E-state index contributed by atoms with van der Waals surface area (Å²) in [7, 11) is 0. The molecule has 0 saturated heterocycles. The summed E-state index contributed by atoms with van der Waals surface area (Å²) in [6, 6.07) is 21.1. The van der Waals surface area contributed by atoms with Gasteiger partial charge < -0.3 is 9.84 Å². The predicted molar refractivity (Wildman–Crippen MR) is 141 cm³/mol. The largest absolute Gasteiger partial charge is 0.356 e. The summed E-state index contributed by atoms with van der Waals surface area (Å²) < 4.78 is 5.47. The smallest absolute Gasteiger partial charge is 0.221 e. The summed E-state index contributed by atoms with van der Waals surface area (Å²) >= 11 is 9.10. The van der Waals surface area contributed by atoms with E-state index in [-0.39, 0.29) is 5.91 Å². The van der Waals surface area contributed by atoms with Gasteiger partial charge in [-0.1, -0.05) is 46.7 Å². The van der Waals surface area contributed by atoms with Crippen LogP contribution in [0.15, 0.2) is 75.6 Å². The highest BCUT2D eigenvalue weighted by atomic mass is 35.5. The van der Waals surface area contributed by atoms with Gasteiger partial charge in [-0.15, -0.1) is 11.3 Å². The zero-order valence-corrected chi connectivity index (χ0v) is 20.8. The van der Waals surface area contributed by atoms with Crippen molar-refractivity contribution in [3.63, 3.8) is 0 Å². The third-order valence-corrected chi connectivity index (χ3v) is 7.37. The summed E-state index contributed by atoms with van der Waals surface area (Å²) in [5, 5.41) is 21.1. The Labute approximate surface area is 214 Å². The van der Waals surface area contributed by atoms with E-state index in [0.717, 1.165) is 27.1 Å². The Morgan fingerprint density at radius 2 is 2.03 bits per heavy atom. The Morgan fingerprint density at radius 1 is 1.20 bits per heavy atom. The number of nitriles is 1. The molecule has 3 aromatic heterocycles. The van der Waals surface area contributed by atoms with E-state index in [1.54, 1.807) is 23.5 Å². The summed E-state index contributed by atoms with van der Waals surface area (Å²) in [4.78, 5) is 17.3. The number of hydrogen-bond acceptors (Lipinski definition) is 7. The third-order valence-electron chi connectivity index (χ3n) is 5.24. The van der Waals surface area contributed by atoms with Crippen molar-refractivity contribution in [3.8, 4) is 27.8 Å². The maximum Gasteiger partial charge on any atom is 0.221 e. The molecule has 0 aliphatic heterocycles. The Kier molecular flexibility index (Phi) is 6.55. The molecular formula is C26H17ClN4O2S2. The van der Waals surface area contributed by atoms with Gasteiger partial charge >= 0.3 is 0 Å². The van der Waals surface area contributed by atoms with E-state index in [9.17, 15) is 10.1 Å². The third kappa shape index (κ3) is 4.93. The van der Waals surface area contributed by atoms with Crippen LogP contribution in [0.2, 0.25) is 5.02 Å². The first kappa shape index (κ1) is 23.1. The van der Waals surface area contributed by atoms with Gasteiger partial charge in [0.25, 0.3) is 0 Å². The van der Waals surface area contributed by atoms with E-state index in [4.69, 9.17) is 21.1 Å². The lowest BCUT2D eigenvalue weighted by atomic mass is 10.0. The van der Waals surface area contributed by atoms with Crippen molar-refractivity contribution < 1.29 is 9.32 Å². The van der Waals surface area contributed by atoms with Crippen LogP contribution in [0.1, 0.15) is 18.2 Å². The van der Waals surface area contributed by atoms with Gasteiger partial charge in [-0.3, -0.25) is 4.79 Å². The number of thiophene rings is 1. The van der Waals surface area contributed by atoms with Gasteiger partial charge in [0.1, 0.15) is 16.8 Å². The number of anilines is 1. The molecule has 35 heavy (non-hydrogen) atoms. The maximum absolute atomic E-state index is 11.5. The fraction of sp³-hybridized carbons (Fsp3) is 0.0769. The van der Waals surface area contributed by atoms with Crippen LogP contribution in [0.3, 0.4) is 0 Å². The average molecular weight is 517 g/mol. The van der Waals surface area contributed by atoms with E-state index in [1.165, 1.54) is 18.7 Å². The van der Waals surface area contributed by atoms with E-state index in [2.05, 4.69) is 16.5 Å². The van der Waals surface area contributed by atoms with Crippen LogP contribution in [0, 0.1) is 11.3 Å². The second kappa shape index (κ2) is 9.92. The first-order chi connectivity index (χ1) is 17.0. The van der Waals surface area contributed by atoms with Crippen LogP contribution in [0.5, 0.6) is 0 Å². The number of amides is 1. The minimum atomic E-state index is -0.153. The molecule has 0 fully saturated rings. The Balaban J connectivity index is 1.55. The van der Waals surface area contributed by atoms with Crippen LogP contribution in [-0.4, -0.2) is 16.0 Å². The normalized spacial score (nSPS) is 10.9. The summed E-state index contributed by atoms with van der Waals surface area (Å²) in [5.41, 5.74) is 4.96. The molecule has 3 heterocycles. The number of pyridine rings is 1. The number of rotatable bonds is 6. The van der Waals surface area contributed by atoms with E-state index in [1.807, 2.05) is 53.9 Å². The minimum absolute atomic E-state index is 0.153. The lowest BCUT2D eigenvalue weighted by Gasteiger charge is -2.11. The first-order valence-electron chi connectivity index (χ1n) is 10.6. The average Bonchev–Trinajstić information content (AvgIpc) is 3.52. The molecule has 5 aromatic rings. The van der Waals surface area contributed by atoms with Crippen molar-refractivity contribution in [2.24, 2.45) is 0 Å². The second-order valence-electron chi connectivity index (χ2n) is 7.64. The number of carbonyl (C=O) groups excluding carboxylic acids is 1. The molecule has 0 saturated carbocycles. The van der Waals surface area contributed by atoms with Crippen molar-refractivity contribution in [2.45, 2.75) is 17.7 Å². The van der Waals surface area contributed by atoms with Crippen molar-refractivity contribution in [3.05, 3.63) is 82.3 Å². The molecule has 0 unspecified atom stereocenters. The molecule has 1 amide bonds. The van der Waals surface area contributed by atoms with Gasteiger partial charge in [0.05, 0.1) is 16.1 Å². The number of hydrogen-bond donors (Lipinski definition) is 1. The minimum Gasteiger partial charge on any atom is -0.356 e. The molecule has 172 valence electrons. The molecular weight excluding hydrogens is 500 g/mol.